The van der Waals surface area contributed by atoms with E-state index in [2.05, 4.69) is 38.1 Å². The van der Waals surface area contributed by atoms with Gasteiger partial charge >= 0.3 is 0 Å². The van der Waals surface area contributed by atoms with Crippen molar-refractivity contribution >= 4 is 0 Å². The van der Waals surface area contributed by atoms with Crippen LogP contribution in [0.2, 0.25) is 0 Å². The standard InChI is InChI=1S/C14H16O2/c1-8-12-10-6-4-3-5-9(10)11-7-15-14(8,2)13(11)16-12/h3-6,8,11-13H,7H2,1-2H3/t8-,11-,12+,13+,14+/m1/s1. The zero-order valence-electron chi connectivity index (χ0n) is 9.64. The van der Waals surface area contributed by atoms with E-state index in [1.807, 2.05) is 0 Å². The lowest BCUT2D eigenvalue weighted by Gasteiger charge is -2.29. The van der Waals surface area contributed by atoms with Gasteiger partial charge in [0, 0.05) is 11.8 Å². The Morgan fingerprint density at radius 1 is 1.25 bits per heavy atom. The summed E-state index contributed by atoms with van der Waals surface area (Å²) in [5.41, 5.74) is 2.77. The quantitative estimate of drug-likeness (QED) is 0.663. The molecule has 0 saturated carbocycles. The van der Waals surface area contributed by atoms with Crippen molar-refractivity contribution in [2.24, 2.45) is 5.92 Å². The smallest absolute Gasteiger partial charge is 0.0975 e. The first-order chi connectivity index (χ1) is 7.72. The van der Waals surface area contributed by atoms with Crippen molar-refractivity contribution in [2.45, 2.75) is 37.6 Å². The number of hydrogen-bond donors (Lipinski definition) is 0. The second-order valence-electron chi connectivity index (χ2n) is 5.50. The maximum atomic E-state index is 6.20. The molecule has 0 radical (unpaired) electrons. The lowest BCUT2D eigenvalue weighted by molar-refractivity contribution is -0.0249. The Kier molecular flexibility index (Phi) is 1.55. The molecule has 0 aliphatic carbocycles. The molecule has 2 saturated heterocycles. The summed E-state index contributed by atoms with van der Waals surface area (Å²) in [5.74, 6) is 0.897. The summed E-state index contributed by atoms with van der Waals surface area (Å²) in [6.45, 7) is 5.29. The highest BCUT2D eigenvalue weighted by molar-refractivity contribution is 5.40. The molecular weight excluding hydrogens is 200 g/mol. The average Bonchev–Trinajstić information content (AvgIpc) is 2.75. The lowest BCUT2D eigenvalue weighted by atomic mass is 9.85. The number of fused-ring (bicyclic) bond motifs is 4. The molecule has 1 aromatic carbocycles. The fourth-order valence-electron chi connectivity index (χ4n) is 3.74. The van der Waals surface area contributed by atoms with Crippen molar-refractivity contribution in [3.63, 3.8) is 0 Å². The summed E-state index contributed by atoms with van der Waals surface area (Å²) in [5, 5.41) is 0. The van der Waals surface area contributed by atoms with Crippen LogP contribution in [-0.4, -0.2) is 18.3 Å². The molecule has 5 atom stereocenters. The van der Waals surface area contributed by atoms with Crippen LogP contribution in [0.1, 0.15) is 37.0 Å². The molecule has 4 rings (SSSR count). The van der Waals surface area contributed by atoms with Gasteiger partial charge in [-0.05, 0) is 18.1 Å². The van der Waals surface area contributed by atoms with Gasteiger partial charge in [-0.3, -0.25) is 0 Å². The zero-order chi connectivity index (χ0) is 10.9. The van der Waals surface area contributed by atoms with E-state index in [1.54, 1.807) is 0 Å². The Morgan fingerprint density at radius 2 is 2.00 bits per heavy atom. The highest BCUT2D eigenvalue weighted by atomic mass is 16.6. The van der Waals surface area contributed by atoms with Gasteiger partial charge in [0.1, 0.15) is 0 Å². The van der Waals surface area contributed by atoms with Crippen molar-refractivity contribution in [2.75, 3.05) is 6.61 Å². The first-order valence-corrected chi connectivity index (χ1v) is 6.10. The molecule has 1 aromatic rings. The van der Waals surface area contributed by atoms with E-state index in [0.717, 1.165) is 6.61 Å². The van der Waals surface area contributed by atoms with Gasteiger partial charge in [0.25, 0.3) is 0 Å². The summed E-state index contributed by atoms with van der Waals surface area (Å²) >= 11 is 0. The van der Waals surface area contributed by atoms with Crippen LogP contribution < -0.4 is 0 Å². The molecule has 2 fully saturated rings. The Bertz CT molecular complexity index is 441. The van der Waals surface area contributed by atoms with Crippen LogP contribution in [0.4, 0.5) is 0 Å². The fraction of sp³-hybridized carbons (Fsp3) is 0.571. The third kappa shape index (κ3) is 0.836. The minimum atomic E-state index is -0.0750. The van der Waals surface area contributed by atoms with E-state index in [0.29, 0.717) is 11.8 Å². The molecule has 16 heavy (non-hydrogen) atoms. The molecule has 0 spiro atoms. The number of hydrogen-bond acceptors (Lipinski definition) is 2. The topological polar surface area (TPSA) is 18.5 Å². The van der Waals surface area contributed by atoms with E-state index in [1.165, 1.54) is 11.1 Å². The van der Waals surface area contributed by atoms with Gasteiger partial charge in [0.05, 0.1) is 24.4 Å². The molecule has 2 heteroatoms. The monoisotopic (exact) mass is 216 g/mol. The molecule has 0 amide bonds. The van der Waals surface area contributed by atoms with Crippen LogP contribution in [-0.2, 0) is 9.47 Å². The van der Waals surface area contributed by atoms with E-state index < -0.39 is 0 Å². The first-order valence-electron chi connectivity index (χ1n) is 6.10. The number of ether oxygens (including phenoxy) is 2. The molecule has 0 unspecified atom stereocenters. The Labute approximate surface area is 95.6 Å². The van der Waals surface area contributed by atoms with Crippen LogP contribution in [0.3, 0.4) is 0 Å². The van der Waals surface area contributed by atoms with Crippen molar-refractivity contribution in [3.8, 4) is 0 Å². The van der Waals surface area contributed by atoms with Gasteiger partial charge in [-0.25, -0.2) is 0 Å². The zero-order valence-corrected chi connectivity index (χ0v) is 9.64. The molecule has 0 N–H and O–H groups in total. The normalized spacial score (nSPS) is 48.1. The summed E-state index contributed by atoms with van der Waals surface area (Å²) < 4.78 is 12.2. The Morgan fingerprint density at radius 3 is 2.81 bits per heavy atom. The summed E-state index contributed by atoms with van der Waals surface area (Å²) in [7, 11) is 0. The van der Waals surface area contributed by atoms with Crippen molar-refractivity contribution in [3.05, 3.63) is 35.4 Å². The van der Waals surface area contributed by atoms with Gasteiger partial charge < -0.3 is 9.47 Å². The summed E-state index contributed by atoms with van der Waals surface area (Å²) in [4.78, 5) is 0. The Balaban J connectivity index is 1.97. The molecule has 2 nitrogen and oxygen atoms in total. The highest BCUT2D eigenvalue weighted by Crippen LogP contribution is 2.59. The van der Waals surface area contributed by atoms with Crippen molar-refractivity contribution in [1.29, 1.82) is 0 Å². The second-order valence-corrected chi connectivity index (χ2v) is 5.50. The van der Waals surface area contributed by atoms with Gasteiger partial charge in [-0.1, -0.05) is 31.2 Å². The SMILES string of the molecule is C[C@@H]1[C@@H]2O[C@H]3[C@H](CO[C@@]13C)c1ccccc12. The first kappa shape index (κ1) is 9.20. The van der Waals surface area contributed by atoms with E-state index in [-0.39, 0.29) is 17.8 Å². The molecule has 3 heterocycles. The summed E-state index contributed by atoms with van der Waals surface area (Å²) in [6.07, 6.45) is 0.505. The van der Waals surface area contributed by atoms with E-state index >= 15 is 0 Å². The van der Waals surface area contributed by atoms with Crippen LogP contribution in [0.5, 0.6) is 0 Å². The molecule has 0 aromatic heterocycles. The van der Waals surface area contributed by atoms with Gasteiger partial charge in [-0.15, -0.1) is 0 Å². The fourth-order valence-corrected chi connectivity index (χ4v) is 3.74. The van der Waals surface area contributed by atoms with E-state index in [9.17, 15) is 0 Å². The van der Waals surface area contributed by atoms with Crippen LogP contribution in [0, 0.1) is 5.92 Å². The maximum absolute atomic E-state index is 6.20. The van der Waals surface area contributed by atoms with Gasteiger partial charge in [0.15, 0.2) is 0 Å². The van der Waals surface area contributed by atoms with Crippen molar-refractivity contribution < 1.29 is 9.47 Å². The minimum absolute atomic E-state index is 0.0750. The lowest BCUT2D eigenvalue weighted by Crippen LogP contribution is -2.37. The maximum Gasteiger partial charge on any atom is 0.0975 e. The average molecular weight is 216 g/mol. The molecule has 2 bridgehead atoms. The predicted octanol–water partition coefficient (Wildman–Crippen LogP) is 2.65. The molecular formula is C14H16O2. The van der Waals surface area contributed by atoms with Crippen LogP contribution in [0.15, 0.2) is 24.3 Å². The van der Waals surface area contributed by atoms with E-state index in [4.69, 9.17) is 9.47 Å². The molecule has 3 aliphatic rings. The highest BCUT2D eigenvalue weighted by Gasteiger charge is 2.62. The Hall–Kier alpha value is -0.860. The minimum Gasteiger partial charge on any atom is -0.371 e. The third-order valence-corrected chi connectivity index (χ3v) is 4.86. The van der Waals surface area contributed by atoms with Crippen molar-refractivity contribution in [1.82, 2.24) is 0 Å². The number of rotatable bonds is 0. The van der Waals surface area contributed by atoms with Crippen LogP contribution >= 0.6 is 0 Å². The number of benzene rings is 1. The van der Waals surface area contributed by atoms with Gasteiger partial charge in [0.2, 0.25) is 0 Å². The molecule has 3 aliphatic heterocycles. The third-order valence-electron chi connectivity index (χ3n) is 4.86. The second kappa shape index (κ2) is 2.69. The van der Waals surface area contributed by atoms with Crippen LogP contribution in [0.25, 0.3) is 0 Å². The predicted molar refractivity (Wildman–Crippen MR) is 60.3 cm³/mol. The van der Waals surface area contributed by atoms with Gasteiger partial charge in [-0.2, -0.15) is 0 Å². The summed E-state index contributed by atoms with van der Waals surface area (Å²) in [6, 6.07) is 8.71. The largest absolute Gasteiger partial charge is 0.371 e. The molecule has 84 valence electrons.